The second-order valence-corrected chi connectivity index (χ2v) is 8.27. The van der Waals surface area contributed by atoms with E-state index in [4.69, 9.17) is 9.47 Å². The molecule has 1 heterocycles. The average Bonchev–Trinajstić information content (AvgIpc) is 2.78. The molecule has 0 saturated heterocycles. The van der Waals surface area contributed by atoms with Crippen molar-refractivity contribution < 1.29 is 19.1 Å². The van der Waals surface area contributed by atoms with Crippen LogP contribution in [0, 0.1) is 0 Å². The van der Waals surface area contributed by atoms with E-state index in [1.54, 1.807) is 31.3 Å². The molecule has 5 heteroatoms. The van der Waals surface area contributed by atoms with Crippen LogP contribution in [-0.4, -0.2) is 22.5 Å². The SMILES string of the molecule is C=C(C)C(=O)OC(C)(C)C.C=Cc1ccc(OC(C)=O)cc1.C=Cc1ccnc2ccccc12. The lowest BCUT2D eigenvalue weighted by atomic mass is 10.1. The third-order valence-electron chi connectivity index (χ3n) is 4.03. The maximum atomic E-state index is 10.8. The molecule has 178 valence electrons. The largest absolute Gasteiger partial charge is 0.457 e. The van der Waals surface area contributed by atoms with Crippen molar-refractivity contribution in [1.29, 1.82) is 0 Å². The molecule has 0 aliphatic heterocycles. The Kier molecular flexibility index (Phi) is 11.2. The number of hydrogen-bond donors (Lipinski definition) is 0. The second-order valence-electron chi connectivity index (χ2n) is 8.27. The van der Waals surface area contributed by atoms with E-state index in [1.807, 2.05) is 63.2 Å². The van der Waals surface area contributed by atoms with Gasteiger partial charge >= 0.3 is 11.9 Å². The third kappa shape index (κ3) is 10.6. The molecule has 2 aromatic carbocycles. The quantitative estimate of drug-likeness (QED) is 0.238. The van der Waals surface area contributed by atoms with Gasteiger partial charge in [-0.05, 0) is 63.1 Å². The Hall–Kier alpha value is -3.99. The van der Waals surface area contributed by atoms with Crippen molar-refractivity contribution in [3.8, 4) is 5.75 Å². The summed E-state index contributed by atoms with van der Waals surface area (Å²) in [7, 11) is 0. The normalized spacial score (nSPS) is 9.91. The van der Waals surface area contributed by atoms with Crippen LogP contribution in [0.25, 0.3) is 23.1 Å². The van der Waals surface area contributed by atoms with Gasteiger partial charge in [0.15, 0.2) is 0 Å². The Morgan fingerprint density at radius 3 is 2.00 bits per heavy atom. The summed E-state index contributed by atoms with van der Waals surface area (Å²) in [6.45, 7) is 19.3. The zero-order valence-corrected chi connectivity index (χ0v) is 20.6. The number of esters is 2. The van der Waals surface area contributed by atoms with E-state index in [2.05, 4.69) is 30.8 Å². The number of fused-ring (bicyclic) bond motifs is 1. The number of nitrogens with zero attached hydrogens (tertiary/aromatic N) is 1. The highest BCUT2D eigenvalue weighted by atomic mass is 16.6. The highest BCUT2D eigenvalue weighted by Crippen LogP contribution is 2.16. The second kappa shape index (κ2) is 13.5. The van der Waals surface area contributed by atoms with Gasteiger partial charge < -0.3 is 9.47 Å². The monoisotopic (exact) mass is 459 g/mol. The molecule has 34 heavy (non-hydrogen) atoms. The molecule has 0 aliphatic rings. The summed E-state index contributed by atoms with van der Waals surface area (Å²) in [4.78, 5) is 25.6. The van der Waals surface area contributed by atoms with Crippen LogP contribution in [0.15, 0.2) is 86.1 Å². The van der Waals surface area contributed by atoms with Crippen molar-refractivity contribution in [2.75, 3.05) is 0 Å². The molecule has 0 bridgehead atoms. The van der Waals surface area contributed by atoms with E-state index in [1.165, 1.54) is 6.92 Å². The Morgan fingerprint density at radius 2 is 1.53 bits per heavy atom. The molecule has 0 spiro atoms. The summed E-state index contributed by atoms with van der Waals surface area (Å²) >= 11 is 0. The number of ether oxygens (including phenoxy) is 2. The van der Waals surface area contributed by atoms with Gasteiger partial charge in [0.2, 0.25) is 0 Å². The zero-order valence-electron chi connectivity index (χ0n) is 20.6. The van der Waals surface area contributed by atoms with E-state index in [-0.39, 0.29) is 11.9 Å². The summed E-state index contributed by atoms with van der Waals surface area (Å²) in [5.74, 6) is -0.0676. The molecule has 1 aromatic heterocycles. The maximum Gasteiger partial charge on any atom is 0.333 e. The lowest BCUT2D eigenvalue weighted by Gasteiger charge is -2.19. The van der Waals surface area contributed by atoms with Crippen molar-refractivity contribution in [1.82, 2.24) is 4.98 Å². The van der Waals surface area contributed by atoms with Crippen molar-refractivity contribution in [2.45, 2.75) is 40.2 Å². The standard InChI is InChI=1S/C11H9N.C10H10O2.C8H14O2/c1-2-9-7-8-12-11-6-4-3-5-10(9)11;1-3-9-4-6-10(7-5-9)12-8(2)11;1-6(2)7(9)10-8(3,4)5/h2-8H,1H2;3-7H,1H2,2H3;1H2,2-5H3. The first-order valence-electron chi connectivity index (χ1n) is 10.7. The summed E-state index contributed by atoms with van der Waals surface area (Å²) in [6.07, 6.45) is 5.39. The van der Waals surface area contributed by atoms with Gasteiger partial charge in [0, 0.05) is 24.1 Å². The summed E-state index contributed by atoms with van der Waals surface area (Å²) in [5, 5.41) is 1.16. The van der Waals surface area contributed by atoms with Crippen LogP contribution in [0.5, 0.6) is 5.75 Å². The molecule has 0 N–H and O–H groups in total. The van der Waals surface area contributed by atoms with Crippen molar-refractivity contribution in [2.24, 2.45) is 0 Å². The molecule has 5 nitrogen and oxygen atoms in total. The molecule has 0 saturated carbocycles. The van der Waals surface area contributed by atoms with Crippen LogP contribution in [0.4, 0.5) is 0 Å². The number of carbonyl (C=O) groups is 2. The summed E-state index contributed by atoms with van der Waals surface area (Å²) < 4.78 is 9.80. The Bertz CT molecular complexity index is 1130. The molecular formula is C29H33NO4. The van der Waals surface area contributed by atoms with Crippen molar-refractivity contribution >= 4 is 35.0 Å². The molecule has 0 amide bonds. The minimum Gasteiger partial charge on any atom is -0.457 e. The van der Waals surface area contributed by atoms with E-state index in [9.17, 15) is 9.59 Å². The van der Waals surface area contributed by atoms with E-state index < -0.39 is 5.60 Å². The first-order valence-corrected chi connectivity index (χ1v) is 10.7. The number of carbonyl (C=O) groups excluding carboxylic acids is 2. The van der Waals surface area contributed by atoms with Gasteiger partial charge in [-0.3, -0.25) is 9.78 Å². The number of para-hydroxylation sites is 1. The minimum absolute atomic E-state index is 0.304. The Balaban J connectivity index is 0.000000257. The fraction of sp³-hybridized carbons (Fsp3) is 0.207. The van der Waals surface area contributed by atoms with Gasteiger partial charge in [-0.2, -0.15) is 0 Å². The van der Waals surface area contributed by atoms with Crippen LogP contribution in [0.3, 0.4) is 0 Å². The van der Waals surface area contributed by atoms with Crippen LogP contribution in [0.1, 0.15) is 45.7 Å². The molecule has 0 unspecified atom stereocenters. The van der Waals surface area contributed by atoms with Crippen LogP contribution in [-0.2, 0) is 14.3 Å². The van der Waals surface area contributed by atoms with Gasteiger partial charge in [0.1, 0.15) is 11.4 Å². The smallest absolute Gasteiger partial charge is 0.333 e. The zero-order chi connectivity index (χ0) is 25.7. The van der Waals surface area contributed by atoms with Gasteiger partial charge in [0.05, 0.1) is 5.52 Å². The number of pyridine rings is 1. The van der Waals surface area contributed by atoms with Crippen molar-refractivity contribution in [3.05, 3.63) is 97.2 Å². The van der Waals surface area contributed by atoms with Crippen molar-refractivity contribution in [3.63, 3.8) is 0 Å². The van der Waals surface area contributed by atoms with Crippen LogP contribution >= 0.6 is 0 Å². The van der Waals surface area contributed by atoms with Gasteiger partial charge in [-0.15, -0.1) is 0 Å². The average molecular weight is 460 g/mol. The molecular weight excluding hydrogens is 426 g/mol. The van der Waals surface area contributed by atoms with Gasteiger partial charge in [0.25, 0.3) is 0 Å². The number of rotatable bonds is 4. The Labute approximate surface area is 202 Å². The Morgan fingerprint density at radius 1 is 0.912 bits per heavy atom. The lowest BCUT2D eigenvalue weighted by molar-refractivity contribution is -0.149. The fourth-order valence-corrected chi connectivity index (χ4v) is 2.50. The first-order chi connectivity index (χ1) is 16.0. The third-order valence-corrected chi connectivity index (χ3v) is 4.03. The summed E-state index contributed by atoms with van der Waals surface area (Å²) in [5.41, 5.74) is 3.20. The molecule has 0 atom stereocenters. The van der Waals surface area contributed by atoms with E-state index in [0.29, 0.717) is 11.3 Å². The highest BCUT2D eigenvalue weighted by molar-refractivity contribution is 5.87. The molecule has 0 aliphatic carbocycles. The molecule has 0 fully saturated rings. The first kappa shape index (κ1) is 28.0. The molecule has 3 rings (SSSR count). The number of aromatic nitrogens is 1. The van der Waals surface area contributed by atoms with E-state index >= 15 is 0 Å². The number of benzene rings is 2. The topological polar surface area (TPSA) is 65.5 Å². The van der Waals surface area contributed by atoms with E-state index in [0.717, 1.165) is 22.0 Å². The van der Waals surface area contributed by atoms with Gasteiger partial charge in [-0.25, -0.2) is 4.79 Å². The van der Waals surface area contributed by atoms with Gasteiger partial charge in [-0.1, -0.05) is 62.2 Å². The highest BCUT2D eigenvalue weighted by Gasteiger charge is 2.15. The van der Waals surface area contributed by atoms with Crippen LogP contribution in [0.2, 0.25) is 0 Å². The summed E-state index contributed by atoms with van der Waals surface area (Å²) in [6, 6.07) is 17.2. The van der Waals surface area contributed by atoms with Crippen LogP contribution < -0.4 is 4.74 Å². The molecule has 0 radical (unpaired) electrons. The number of hydrogen-bond acceptors (Lipinski definition) is 5. The predicted molar refractivity (Wildman–Crippen MR) is 140 cm³/mol. The fourth-order valence-electron chi connectivity index (χ4n) is 2.50. The molecule has 3 aromatic rings. The minimum atomic E-state index is -0.407. The maximum absolute atomic E-state index is 10.8. The lowest BCUT2D eigenvalue weighted by Crippen LogP contribution is -2.23. The predicted octanol–water partition coefficient (Wildman–Crippen LogP) is 7.04.